The van der Waals surface area contributed by atoms with Crippen molar-refractivity contribution in [1.29, 1.82) is 0 Å². The maximum atomic E-state index is 5.94. The Balaban J connectivity index is 0.000000196. The third-order valence-electron chi connectivity index (χ3n) is 17.1. The Morgan fingerprint density at radius 3 is 0.835 bits per heavy atom. The fourth-order valence-corrected chi connectivity index (χ4v) is 11.3. The number of hydrogen-bond donors (Lipinski definition) is 0. The van der Waals surface area contributed by atoms with Crippen LogP contribution in [0.15, 0.2) is 201 Å². The fraction of sp³-hybridized carbons (Fsp3) is 0.400. The summed E-state index contributed by atoms with van der Waals surface area (Å²) >= 11 is 0. The van der Waals surface area contributed by atoms with E-state index < -0.39 is 0 Å². The van der Waals surface area contributed by atoms with Gasteiger partial charge < -0.3 is 14.2 Å². The summed E-state index contributed by atoms with van der Waals surface area (Å²) in [5.41, 5.74) is 19.1. The fourth-order valence-electron chi connectivity index (χ4n) is 11.3. The van der Waals surface area contributed by atoms with Crippen molar-refractivity contribution in [1.82, 2.24) is 15.0 Å². The highest BCUT2D eigenvalue weighted by Crippen LogP contribution is 2.27. The van der Waals surface area contributed by atoms with Crippen LogP contribution >= 0.6 is 0 Å². The van der Waals surface area contributed by atoms with Gasteiger partial charge in [0.05, 0.1) is 20.3 Å². The van der Waals surface area contributed by atoms with Crippen LogP contribution in [0.2, 0.25) is 0 Å². The molecule has 0 saturated carbocycles. The Hall–Kier alpha value is -7.83. The first-order chi connectivity index (χ1) is 44.8. The van der Waals surface area contributed by atoms with Gasteiger partial charge in [0, 0.05) is 35.7 Å². The molecule has 0 aliphatic rings. The van der Waals surface area contributed by atoms with Gasteiger partial charge in [-0.3, -0.25) is 15.0 Å². The zero-order chi connectivity index (χ0) is 63.8. The number of benzene rings is 6. The number of rotatable bonds is 37. The summed E-state index contributed by atoms with van der Waals surface area (Å²) < 4.78 is 16.7. The van der Waals surface area contributed by atoms with Gasteiger partial charge in [-0.1, -0.05) is 239 Å². The molecule has 0 aliphatic carbocycles. The number of pyridine rings is 3. The van der Waals surface area contributed by atoms with Crippen molar-refractivity contribution >= 4 is 0 Å². The van der Waals surface area contributed by atoms with Crippen LogP contribution in [-0.2, 0) is 57.8 Å². The molecular formula is C85H107N3O3. The normalized spacial score (nSPS) is 10.9. The predicted octanol–water partition coefficient (Wildman–Crippen LogP) is 22.7. The predicted molar refractivity (Wildman–Crippen MR) is 386 cm³/mol. The van der Waals surface area contributed by atoms with E-state index in [9.17, 15) is 0 Å². The highest BCUT2D eigenvalue weighted by atomic mass is 16.5. The van der Waals surface area contributed by atoms with Crippen molar-refractivity contribution in [2.24, 2.45) is 0 Å². The standard InChI is InChI=1S/C33H45NO.C27H33NO.C25H29NO/c1-3-5-7-8-9-10-12-26-35-33-24-20-31(21-25-33)30-18-14-28(15-19-30)16-22-32-23-17-29(27-34-32)13-11-6-4-2;1-3-5-6-7-8-23-12-18-26(28-21-23)17-11-22-9-13-24(14-10-22)25-15-19-27(20-16-25)29-4-2;1-3-4-5-6-21-10-16-24(26-19-21)15-9-20-7-11-22(12-8-20)23-13-17-25(27-2)18-14-23/h14-15,17-21,23-25,27H,3-13,16,22,26H2,1-2H3;9-10,12-16,18-21H,3-8,11,17H2,1-2H3;7-8,10-14,16-19H,3-6,9,15H2,1-2H3. The monoisotopic (exact) mass is 1220 g/mol. The van der Waals surface area contributed by atoms with Gasteiger partial charge in [-0.15, -0.1) is 0 Å². The molecule has 0 saturated heterocycles. The molecule has 0 unspecified atom stereocenters. The minimum absolute atomic E-state index is 0.699. The van der Waals surface area contributed by atoms with Gasteiger partial charge in [-0.2, -0.15) is 0 Å². The summed E-state index contributed by atoms with van der Waals surface area (Å²) in [4.78, 5) is 14.0. The number of hydrogen-bond acceptors (Lipinski definition) is 6. The largest absolute Gasteiger partial charge is 0.497 e. The molecule has 0 radical (unpaired) electrons. The molecule has 91 heavy (non-hydrogen) atoms. The minimum atomic E-state index is 0.699. The minimum Gasteiger partial charge on any atom is -0.497 e. The lowest BCUT2D eigenvalue weighted by Gasteiger charge is -2.08. The SMILES string of the molecule is CCCCCCCCCOc1ccc(-c2ccc(CCc3ccc(CCCCC)cn3)cc2)cc1.CCCCCCc1ccc(CCc2ccc(-c3ccc(OCC)cc3)cc2)nc1.CCCCCc1ccc(CCc2ccc(-c3ccc(OC)cc3)cc2)nc1. The van der Waals surface area contributed by atoms with E-state index in [0.717, 1.165) is 88.1 Å². The van der Waals surface area contributed by atoms with Crippen LogP contribution in [0.3, 0.4) is 0 Å². The number of aryl methyl sites for hydroxylation is 9. The van der Waals surface area contributed by atoms with Crippen molar-refractivity contribution in [3.63, 3.8) is 0 Å². The first kappa shape index (κ1) is 70.6. The summed E-state index contributed by atoms with van der Waals surface area (Å²) in [6, 6.07) is 65.0. The molecule has 3 heterocycles. The molecular weight excluding hydrogens is 1110 g/mol. The Labute approximate surface area is 549 Å². The quantitative estimate of drug-likeness (QED) is 0.0362. The second-order valence-corrected chi connectivity index (χ2v) is 24.5. The van der Waals surface area contributed by atoms with Crippen molar-refractivity contribution in [2.45, 2.75) is 202 Å². The van der Waals surface area contributed by atoms with Gasteiger partial charge in [0.25, 0.3) is 0 Å². The van der Waals surface area contributed by atoms with Gasteiger partial charge in [0.1, 0.15) is 17.2 Å². The van der Waals surface area contributed by atoms with E-state index in [-0.39, 0.29) is 0 Å². The van der Waals surface area contributed by atoms with E-state index in [2.05, 4.69) is 219 Å². The Morgan fingerprint density at radius 1 is 0.242 bits per heavy atom. The molecule has 9 rings (SSSR count). The molecule has 6 aromatic carbocycles. The molecule has 0 atom stereocenters. The van der Waals surface area contributed by atoms with E-state index in [1.165, 1.54) is 187 Å². The summed E-state index contributed by atoms with van der Waals surface area (Å²) in [6.45, 7) is 12.5. The van der Waals surface area contributed by atoms with Gasteiger partial charge in [0.15, 0.2) is 0 Å². The maximum Gasteiger partial charge on any atom is 0.119 e. The zero-order valence-corrected chi connectivity index (χ0v) is 56.4. The van der Waals surface area contributed by atoms with Crippen LogP contribution in [0.25, 0.3) is 33.4 Å². The summed E-state index contributed by atoms with van der Waals surface area (Å²) in [7, 11) is 1.69. The molecule has 0 aliphatic heterocycles. The van der Waals surface area contributed by atoms with Crippen LogP contribution in [0.1, 0.15) is 194 Å². The summed E-state index contributed by atoms with van der Waals surface area (Å²) in [5.74, 6) is 2.78. The molecule has 0 spiro atoms. The van der Waals surface area contributed by atoms with Gasteiger partial charge >= 0.3 is 0 Å². The van der Waals surface area contributed by atoms with Crippen molar-refractivity contribution in [3.05, 3.63) is 251 Å². The van der Waals surface area contributed by atoms with E-state index >= 15 is 0 Å². The number of ether oxygens (including phenoxy) is 3. The smallest absolute Gasteiger partial charge is 0.119 e. The van der Waals surface area contributed by atoms with Crippen LogP contribution in [0.4, 0.5) is 0 Å². The van der Waals surface area contributed by atoms with Crippen LogP contribution in [-0.4, -0.2) is 35.3 Å². The summed E-state index contributed by atoms with van der Waals surface area (Å²) in [5, 5.41) is 0. The van der Waals surface area contributed by atoms with Gasteiger partial charge in [-0.25, -0.2) is 0 Å². The first-order valence-electron chi connectivity index (χ1n) is 35.0. The highest BCUT2D eigenvalue weighted by Gasteiger charge is 2.07. The molecule has 9 aromatic rings. The van der Waals surface area contributed by atoms with Gasteiger partial charge in [-0.05, 0) is 212 Å². The van der Waals surface area contributed by atoms with E-state index in [1.54, 1.807) is 7.11 Å². The number of nitrogens with zero attached hydrogens (tertiary/aromatic N) is 3. The van der Waals surface area contributed by atoms with Gasteiger partial charge in [0.2, 0.25) is 0 Å². The molecule has 6 nitrogen and oxygen atoms in total. The van der Waals surface area contributed by atoms with Crippen molar-refractivity contribution in [2.75, 3.05) is 20.3 Å². The number of aromatic nitrogens is 3. The summed E-state index contributed by atoms with van der Waals surface area (Å²) in [6.07, 6.45) is 37.7. The Morgan fingerprint density at radius 2 is 0.516 bits per heavy atom. The Kier molecular flexibility index (Phi) is 32.8. The molecule has 480 valence electrons. The van der Waals surface area contributed by atoms with E-state index in [4.69, 9.17) is 14.2 Å². The molecule has 0 bridgehead atoms. The van der Waals surface area contributed by atoms with Crippen LogP contribution in [0, 0.1) is 0 Å². The van der Waals surface area contributed by atoms with Crippen LogP contribution < -0.4 is 14.2 Å². The topological polar surface area (TPSA) is 66.4 Å². The van der Waals surface area contributed by atoms with Crippen LogP contribution in [0.5, 0.6) is 17.2 Å². The number of unbranched alkanes of at least 4 members (excludes halogenated alkanes) is 13. The average molecular weight is 1220 g/mol. The van der Waals surface area contributed by atoms with E-state index in [0.29, 0.717) is 6.61 Å². The molecule has 0 amide bonds. The lowest BCUT2D eigenvalue weighted by molar-refractivity contribution is 0.304. The number of methoxy groups -OCH3 is 1. The Bertz CT molecular complexity index is 3290. The lowest BCUT2D eigenvalue weighted by atomic mass is 10.0. The molecule has 3 aromatic heterocycles. The average Bonchev–Trinajstić information content (AvgIpc) is 2.28. The third kappa shape index (κ3) is 26.9. The van der Waals surface area contributed by atoms with Crippen molar-refractivity contribution in [3.8, 4) is 50.6 Å². The molecule has 6 heteroatoms. The van der Waals surface area contributed by atoms with E-state index in [1.807, 2.05) is 31.2 Å². The van der Waals surface area contributed by atoms with Crippen molar-refractivity contribution < 1.29 is 14.2 Å². The zero-order valence-electron chi connectivity index (χ0n) is 56.4. The molecule has 0 fully saturated rings. The highest BCUT2D eigenvalue weighted by molar-refractivity contribution is 5.66. The second-order valence-electron chi connectivity index (χ2n) is 24.5. The third-order valence-corrected chi connectivity index (χ3v) is 17.1. The lowest BCUT2D eigenvalue weighted by Crippen LogP contribution is -1.97. The second kappa shape index (κ2) is 42.3. The first-order valence-corrected chi connectivity index (χ1v) is 35.0. The molecule has 0 N–H and O–H groups in total. The maximum absolute atomic E-state index is 5.94.